The Morgan fingerprint density at radius 2 is 2.04 bits per heavy atom. The van der Waals surface area contributed by atoms with Crippen LogP contribution in [0.4, 0.5) is 0 Å². The normalized spacial score (nSPS) is 18.7. The van der Waals surface area contributed by atoms with Crippen LogP contribution in [0.15, 0.2) is 29.3 Å². The minimum atomic E-state index is -3.07. The number of aliphatic imine (C=N–C) groups is 1. The molecule has 1 aliphatic heterocycles. The minimum Gasteiger partial charge on any atom is -0.357 e. The average Bonchev–Trinajstić information content (AvgIpc) is 2.92. The van der Waals surface area contributed by atoms with Gasteiger partial charge in [0.25, 0.3) is 0 Å². The zero-order valence-electron chi connectivity index (χ0n) is 17.0. The van der Waals surface area contributed by atoms with E-state index in [0.29, 0.717) is 19.6 Å². The molecule has 2 aromatic rings. The molecule has 7 nitrogen and oxygen atoms in total. The summed E-state index contributed by atoms with van der Waals surface area (Å²) in [5.74, 6) is 1.92. The summed E-state index contributed by atoms with van der Waals surface area (Å²) in [4.78, 5) is 11.4. The van der Waals surface area contributed by atoms with E-state index in [-0.39, 0.29) is 29.7 Å². The summed E-state index contributed by atoms with van der Waals surface area (Å²) in [6.45, 7) is 10.6. The van der Waals surface area contributed by atoms with Crippen LogP contribution in [0.25, 0.3) is 11.0 Å². The van der Waals surface area contributed by atoms with Crippen molar-refractivity contribution < 1.29 is 8.42 Å². The van der Waals surface area contributed by atoms with E-state index < -0.39 is 14.6 Å². The second-order valence-electron chi connectivity index (χ2n) is 7.54. The number of guanidine groups is 1. The molecule has 3 rings (SSSR count). The SMILES string of the molecule is CCNC(=NCCn1c(C)nc2ccccc21)N1CCS(=O)(=O)C(C)(C)C1.I. The van der Waals surface area contributed by atoms with Crippen LogP contribution >= 0.6 is 24.0 Å². The number of halogens is 1. The summed E-state index contributed by atoms with van der Waals surface area (Å²) in [6.07, 6.45) is 0. The Morgan fingerprint density at radius 3 is 2.71 bits per heavy atom. The number of benzene rings is 1. The predicted octanol–water partition coefficient (Wildman–Crippen LogP) is 2.44. The third kappa shape index (κ3) is 4.61. The standard InChI is InChI=1S/C19H29N5O2S.HI/c1-5-20-18(23-12-13-27(25,26)19(3,4)14-23)21-10-11-24-15(2)22-16-8-6-7-9-17(16)24;/h6-9H,5,10-14H2,1-4H3,(H,20,21);1H. The molecule has 1 aromatic carbocycles. The maximum absolute atomic E-state index is 12.3. The van der Waals surface area contributed by atoms with Gasteiger partial charge >= 0.3 is 0 Å². The summed E-state index contributed by atoms with van der Waals surface area (Å²) >= 11 is 0. The molecule has 1 saturated heterocycles. The third-order valence-electron chi connectivity index (χ3n) is 5.11. The van der Waals surface area contributed by atoms with Crippen LogP contribution in [0, 0.1) is 6.92 Å². The fourth-order valence-corrected chi connectivity index (χ4v) is 4.85. The van der Waals surface area contributed by atoms with Gasteiger partial charge < -0.3 is 14.8 Å². The van der Waals surface area contributed by atoms with Gasteiger partial charge in [-0.2, -0.15) is 0 Å². The van der Waals surface area contributed by atoms with Gasteiger partial charge in [-0.3, -0.25) is 4.99 Å². The van der Waals surface area contributed by atoms with Gasteiger partial charge in [0.15, 0.2) is 15.8 Å². The first-order valence-corrected chi connectivity index (χ1v) is 11.1. The number of para-hydroxylation sites is 2. The molecule has 0 atom stereocenters. The Labute approximate surface area is 184 Å². The minimum absolute atomic E-state index is 0. The Balaban J connectivity index is 0.00000280. The molecule has 2 heterocycles. The van der Waals surface area contributed by atoms with Crippen molar-refractivity contribution in [1.29, 1.82) is 0 Å². The van der Waals surface area contributed by atoms with Gasteiger partial charge in [-0.15, -0.1) is 24.0 Å². The Hall–Kier alpha value is -1.36. The van der Waals surface area contributed by atoms with Crippen molar-refractivity contribution in [1.82, 2.24) is 19.8 Å². The van der Waals surface area contributed by atoms with E-state index in [1.807, 2.05) is 32.0 Å². The highest BCUT2D eigenvalue weighted by Crippen LogP contribution is 2.23. The molecule has 28 heavy (non-hydrogen) atoms. The smallest absolute Gasteiger partial charge is 0.194 e. The molecule has 0 unspecified atom stereocenters. The zero-order valence-corrected chi connectivity index (χ0v) is 20.1. The van der Waals surface area contributed by atoms with Crippen molar-refractivity contribution in [2.45, 2.75) is 39.0 Å². The van der Waals surface area contributed by atoms with E-state index >= 15 is 0 Å². The second kappa shape index (κ2) is 8.98. The predicted molar refractivity (Wildman–Crippen MR) is 125 cm³/mol. The molecule has 0 saturated carbocycles. The van der Waals surface area contributed by atoms with Gasteiger partial charge in [-0.05, 0) is 39.8 Å². The van der Waals surface area contributed by atoms with Crippen LogP contribution in [0.1, 0.15) is 26.6 Å². The van der Waals surface area contributed by atoms with Gasteiger partial charge in [-0.1, -0.05) is 12.1 Å². The summed E-state index contributed by atoms with van der Waals surface area (Å²) < 4.78 is 25.9. The molecule has 0 bridgehead atoms. The van der Waals surface area contributed by atoms with Gasteiger partial charge in [0, 0.05) is 26.2 Å². The maximum Gasteiger partial charge on any atom is 0.194 e. The Kier molecular flexibility index (Phi) is 7.35. The number of hydrogen-bond acceptors (Lipinski definition) is 4. The van der Waals surface area contributed by atoms with Crippen molar-refractivity contribution in [2.75, 3.05) is 31.9 Å². The molecule has 0 amide bonds. The van der Waals surface area contributed by atoms with Gasteiger partial charge in [0.1, 0.15) is 5.82 Å². The highest BCUT2D eigenvalue weighted by atomic mass is 127. The number of nitrogens with zero attached hydrogens (tertiary/aromatic N) is 4. The number of rotatable bonds is 4. The highest BCUT2D eigenvalue weighted by Gasteiger charge is 2.40. The number of hydrogen-bond donors (Lipinski definition) is 1. The lowest BCUT2D eigenvalue weighted by atomic mass is 10.2. The molecule has 1 aromatic heterocycles. The van der Waals surface area contributed by atoms with E-state index in [4.69, 9.17) is 4.99 Å². The molecule has 1 aliphatic rings. The number of nitrogens with one attached hydrogen (secondary N) is 1. The van der Waals surface area contributed by atoms with Crippen LogP contribution in [0.5, 0.6) is 0 Å². The molecule has 0 aliphatic carbocycles. The van der Waals surface area contributed by atoms with Gasteiger partial charge in [0.2, 0.25) is 0 Å². The van der Waals surface area contributed by atoms with Crippen molar-refractivity contribution in [3.8, 4) is 0 Å². The lowest BCUT2D eigenvalue weighted by molar-refractivity contribution is 0.353. The molecule has 1 fully saturated rings. The van der Waals surface area contributed by atoms with E-state index in [2.05, 4.69) is 25.8 Å². The number of imidazole rings is 1. The first-order valence-electron chi connectivity index (χ1n) is 9.42. The van der Waals surface area contributed by atoms with Gasteiger partial charge in [-0.25, -0.2) is 13.4 Å². The molecule has 156 valence electrons. The number of fused-ring (bicyclic) bond motifs is 1. The zero-order chi connectivity index (χ0) is 19.7. The van der Waals surface area contributed by atoms with Crippen molar-refractivity contribution in [3.63, 3.8) is 0 Å². The number of aryl methyl sites for hydroxylation is 1. The fourth-order valence-electron chi connectivity index (χ4n) is 3.48. The average molecular weight is 519 g/mol. The van der Waals surface area contributed by atoms with Crippen LogP contribution in [-0.2, 0) is 16.4 Å². The highest BCUT2D eigenvalue weighted by molar-refractivity contribution is 14.0. The Bertz CT molecular complexity index is 952. The summed E-state index contributed by atoms with van der Waals surface area (Å²) in [6, 6.07) is 8.10. The first-order chi connectivity index (χ1) is 12.7. The third-order valence-corrected chi connectivity index (χ3v) is 7.64. The number of sulfone groups is 1. The second-order valence-corrected chi connectivity index (χ2v) is 10.3. The van der Waals surface area contributed by atoms with Crippen molar-refractivity contribution >= 4 is 50.8 Å². The van der Waals surface area contributed by atoms with E-state index in [1.54, 1.807) is 13.8 Å². The first kappa shape index (κ1) is 22.9. The quantitative estimate of drug-likeness (QED) is 0.382. The van der Waals surface area contributed by atoms with Crippen molar-refractivity contribution in [3.05, 3.63) is 30.1 Å². The summed E-state index contributed by atoms with van der Waals surface area (Å²) in [7, 11) is -3.07. The maximum atomic E-state index is 12.3. The lowest BCUT2D eigenvalue weighted by Crippen LogP contribution is -2.57. The van der Waals surface area contributed by atoms with E-state index in [9.17, 15) is 8.42 Å². The fraction of sp³-hybridized carbons (Fsp3) is 0.579. The number of aromatic nitrogens is 2. The largest absolute Gasteiger partial charge is 0.357 e. The molecular formula is C19H30IN5O2S. The monoisotopic (exact) mass is 519 g/mol. The van der Waals surface area contributed by atoms with Crippen LogP contribution < -0.4 is 5.32 Å². The van der Waals surface area contributed by atoms with E-state index in [0.717, 1.165) is 35.9 Å². The lowest BCUT2D eigenvalue weighted by Gasteiger charge is -2.39. The topological polar surface area (TPSA) is 79.6 Å². The summed E-state index contributed by atoms with van der Waals surface area (Å²) in [5.41, 5.74) is 2.11. The Morgan fingerprint density at radius 1 is 1.32 bits per heavy atom. The van der Waals surface area contributed by atoms with Crippen LogP contribution in [0.3, 0.4) is 0 Å². The molecule has 9 heteroatoms. The van der Waals surface area contributed by atoms with Crippen LogP contribution in [0.2, 0.25) is 0 Å². The molecule has 0 radical (unpaired) electrons. The molecule has 1 N–H and O–H groups in total. The van der Waals surface area contributed by atoms with Gasteiger partial charge in [0.05, 0.1) is 28.1 Å². The van der Waals surface area contributed by atoms with Crippen LogP contribution in [-0.4, -0.2) is 65.5 Å². The molecular weight excluding hydrogens is 489 g/mol. The van der Waals surface area contributed by atoms with Crippen molar-refractivity contribution in [2.24, 2.45) is 4.99 Å². The van der Waals surface area contributed by atoms with E-state index in [1.165, 1.54) is 0 Å². The summed E-state index contributed by atoms with van der Waals surface area (Å²) in [5, 5.41) is 3.31. The molecule has 0 spiro atoms.